The summed E-state index contributed by atoms with van der Waals surface area (Å²) >= 11 is 6.21. The molecule has 0 spiro atoms. The SMILES string of the molecule is CC1(C)C(NC(=O)c2cnn(C3CCC(CN4CCC(O)CC4)CC3)c2)C(C)(C)C1Oc1ccc(C#N)c(Cl)c1. The fourth-order valence-corrected chi connectivity index (χ4v) is 7.74. The standard InChI is InChI=1S/C31H42ClN5O3/c1-30(2)28(31(3,4)29(30)40-25-10-7-21(16-33)26(32)15-25)35-27(39)22-17-34-37(19-22)23-8-5-20(6-9-23)18-36-13-11-24(38)12-14-36/h7,10,15,17,19-20,23-24,28-29,38H,5-6,8-9,11-14,18H2,1-4H3,(H,35,39). The highest BCUT2D eigenvalue weighted by Gasteiger charge is 2.64. The summed E-state index contributed by atoms with van der Waals surface area (Å²) < 4.78 is 8.33. The number of aromatic nitrogens is 2. The molecule has 3 aliphatic rings. The van der Waals surface area contributed by atoms with Gasteiger partial charge in [-0.05, 0) is 56.6 Å². The lowest BCUT2D eigenvalue weighted by atomic mass is 9.49. The quantitative estimate of drug-likeness (QED) is 0.476. The summed E-state index contributed by atoms with van der Waals surface area (Å²) in [6.07, 6.45) is 9.58. The zero-order valence-corrected chi connectivity index (χ0v) is 24.8. The van der Waals surface area contributed by atoms with Crippen LogP contribution in [0.25, 0.3) is 0 Å². The topological polar surface area (TPSA) is 103 Å². The van der Waals surface area contributed by atoms with Crippen molar-refractivity contribution in [2.45, 2.75) is 90.5 Å². The first-order valence-corrected chi connectivity index (χ1v) is 15.0. The Labute approximate surface area is 242 Å². The van der Waals surface area contributed by atoms with Crippen molar-refractivity contribution in [1.29, 1.82) is 5.26 Å². The number of amides is 1. The number of hydrogen-bond acceptors (Lipinski definition) is 6. The van der Waals surface area contributed by atoms with Gasteiger partial charge in [-0.15, -0.1) is 0 Å². The van der Waals surface area contributed by atoms with E-state index in [4.69, 9.17) is 21.6 Å². The summed E-state index contributed by atoms with van der Waals surface area (Å²) in [4.78, 5) is 15.8. The molecular formula is C31H42ClN5O3. The second kappa shape index (κ2) is 11.3. The van der Waals surface area contributed by atoms with Gasteiger partial charge in [0.1, 0.15) is 17.9 Å². The van der Waals surface area contributed by atoms with E-state index in [1.807, 2.05) is 10.9 Å². The van der Waals surface area contributed by atoms with Crippen molar-refractivity contribution in [3.8, 4) is 11.8 Å². The van der Waals surface area contributed by atoms with E-state index in [9.17, 15) is 9.90 Å². The van der Waals surface area contributed by atoms with Crippen LogP contribution in [0.2, 0.25) is 5.02 Å². The minimum atomic E-state index is -0.319. The average Bonchev–Trinajstić information content (AvgIpc) is 3.42. The van der Waals surface area contributed by atoms with Crippen LogP contribution in [0.4, 0.5) is 0 Å². The van der Waals surface area contributed by atoms with Gasteiger partial charge in [0.15, 0.2) is 0 Å². The second-order valence-corrected chi connectivity index (χ2v) is 13.6. The molecule has 2 aliphatic carbocycles. The maximum Gasteiger partial charge on any atom is 0.254 e. The molecule has 0 atom stereocenters. The van der Waals surface area contributed by atoms with Crippen molar-refractivity contribution in [1.82, 2.24) is 20.0 Å². The van der Waals surface area contributed by atoms with E-state index >= 15 is 0 Å². The van der Waals surface area contributed by atoms with Crippen LogP contribution in [-0.2, 0) is 0 Å². The molecule has 0 unspecified atom stereocenters. The number of benzene rings is 1. The largest absolute Gasteiger partial charge is 0.489 e. The number of ether oxygens (including phenoxy) is 1. The van der Waals surface area contributed by atoms with Crippen LogP contribution in [-0.4, -0.2) is 63.6 Å². The number of nitriles is 1. The van der Waals surface area contributed by atoms with E-state index in [0.29, 0.717) is 33.9 Å². The molecule has 1 saturated heterocycles. The summed E-state index contributed by atoms with van der Waals surface area (Å²) in [5, 5.41) is 27.1. The average molecular weight is 568 g/mol. The molecule has 8 nitrogen and oxygen atoms in total. The predicted molar refractivity (Wildman–Crippen MR) is 154 cm³/mol. The van der Waals surface area contributed by atoms with Crippen LogP contribution in [0.15, 0.2) is 30.6 Å². The Morgan fingerprint density at radius 1 is 1.15 bits per heavy atom. The minimum Gasteiger partial charge on any atom is -0.489 e. The maximum atomic E-state index is 13.3. The van der Waals surface area contributed by atoms with Gasteiger partial charge in [0.25, 0.3) is 5.91 Å². The lowest BCUT2D eigenvalue weighted by Gasteiger charge is -2.63. The Morgan fingerprint density at radius 2 is 1.82 bits per heavy atom. The van der Waals surface area contributed by atoms with E-state index < -0.39 is 0 Å². The van der Waals surface area contributed by atoms with Gasteiger partial charge in [-0.25, -0.2) is 0 Å². The number of nitrogens with one attached hydrogen (secondary N) is 1. The first-order valence-electron chi connectivity index (χ1n) is 14.6. The van der Waals surface area contributed by atoms with Crippen molar-refractivity contribution in [3.05, 3.63) is 46.7 Å². The monoisotopic (exact) mass is 567 g/mol. The Morgan fingerprint density at radius 3 is 2.45 bits per heavy atom. The van der Waals surface area contributed by atoms with Crippen LogP contribution < -0.4 is 10.1 Å². The van der Waals surface area contributed by atoms with Gasteiger partial charge < -0.3 is 20.1 Å². The number of piperidine rings is 1. The van der Waals surface area contributed by atoms with Gasteiger partial charge in [-0.1, -0.05) is 39.3 Å². The number of aliphatic hydroxyl groups is 1. The van der Waals surface area contributed by atoms with Crippen LogP contribution in [0, 0.1) is 28.1 Å². The highest BCUT2D eigenvalue weighted by Crippen LogP contribution is 2.55. The normalized spacial score (nSPS) is 28.3. The van der Waals surface area contributed by atoms with Crippen molar-refractivity contribution in [2.75, 3.05) is 19.6 Å². The van der Waals surface area contributed by atoms with Crippen LogP contribution >= 0.6 is 11.6 Å². The Bertz CT molecular complexity index is 1240. The number of carbonyl (C=O) groups is 1. The molecule has 2 N–H and O–H groups in total. The first kappa shape index (κ1) is 28.9. The fraction of sp³-hybridized carbons (Fsp3) is 0.645. The number of halogens is 1. The molecular weight excluding hydrogens is 526 g/mol. The molecule has 216 valence electrons. The molecule has 1 aliphatic heterocycles. The van der Waals surface area contributed by atoms with Crippen molar-refractivity contribution in [3.63, 3.8) is 0 Å². The lowest BCUT2D eigenvalue weighted by molar-refractivity contribution is -0.164. The van der Waals surface area contributed by atoms with Crippen molar-refractivity contribution >= 4 is 17.5 Å². The van der Waals surface area contributed by atoms with Gasteiger partial charge in [0.05, 0.1) is 34.5 Å². The highest BCUT2D eigenvalue weighted by molar-refractivity contribution is 6.31. The molecule has 1 aromatic carbocycles. The third kappa shape index (κ3) is 5.74. The summed E-state index contributed by atoms with van der Waals surface area (Å²) in [6.45, 7) is 11.6. The van der Waals surface area contributed by atoms with E-state index in [-0.39, 0.29) is 35.0 Å². The van der Waals surface area contributed by atoms with Gasteiger partial charge >= 0.3 is 0 Å². The Balaban J connectivity index is 1.15. The fourth-order valence-electron chi connectivity index (χ4n) is 7.52. The number of hydrogen-bond donors (Lipinski definition) is 2. The molecule has 1 aromatic heterocycles. The molecule has 2 heterocycles. The van der Waals surface area contributed by atoms with E-state index in [0.717, 1.165) is 45.3 Å². The summed E-state index contributed by atoms with van der Waals surface area (Å²) in [5.41, 5.74) is 0.364. The molecule has 2 saturated carbocycles. The van der Waals surface area contributed by atoms with Gasteiger partial charge in [-0.3, -0.25) is 9.48 Å². The first-order chi connectivity index (χ1) is 19.0. The lowest BCUT2D eigenvalue weighted by Crippen LogP contribution is -2.74. The zero-order valence-electron chi connectivity index (χ0n) is 24.1. The third-order valence-electron chi connectivity index (χ3n) is 9.56. The van der Waals surface area contributed by atoms with E-state index in [1.165, 1.54) is 12.8 Å². The number of rotatable bonds is 7. The van der Waals surface area contributed by atoms with Crippen molar-refractivity contribution < 1.29 is 14.6 Å². The Kier molecular flexibility index (Phi) is 8.20. The zero-order chi connectivity index (χ0) is 28.7. The summed E-state index contributed by atoms with van der Waals surface area (Å²) in [7, 11) is 0. The predicted octanol–water partition coefficient (Wildman–Crippen LogP) is 5.21. The molecule has 0 bridgehead atoms. The third-order valence-corrected chi connectivity index (χ3v) is 9.87. The van der Waals surface area contributed by atoms with Crippen molar-refractivity contribution in [2.24, 2.45) is 16.7 Å². The maximum absolute atomic E-state index is 13.3. The van der Waals surface area contributed by atoms with Crippen LogP contribution in [0.5, 0.6) is 5.75 Å². The molecule has 1 amide bonds. The number of aliphatic hydroxyl groups excluding tert-OH is 1. The Hall–Kier alpha value is -2.60. The summed E-state index contributed by atoms with van der Waals surface area (Å²) in [6, 6.07) is 7.42. The molecule has 40 heavy (non-hydrogen) atoms. The number of likely N-dealkylation sites (tertiary alicyclic amines) is 1. The number of nitrogens with zero attached hydrogens (tertiary/aromatic N) is 4. The molecule has 0 radical (unpaired) electrons. The van der Waals surface area contributed by atoms with Gasteiger partial charge in [0, 0.05) is 48.8 Å². The van der Waals surface area contributed by atoms with Crippen LogP contribution in [0.1, 0.15) is 88.2 Å². The van der Waals surface area contributed by atoms with Crippen LogP contribution in [0.3, 0.4) is 0 Å². The minimum absolute atomic E-state index is 0.0963. The summed E-state index contributed by atoms with van der Waals surface area (Å²) in [5.74, 6) is 1.20. The molecule has 2 aromatic rings. The van der Waals surface area contributed by atoms with E-state index in [1.54, 1.807) is 24.4 Å². The number of carbonyl (C=O) groups excluding carboxylic acids is 1. The highest BCUT2D eigenvalue weighted by atomic mass is 35.5. The second-order valence-electron chi connectivity index (χ2n) is 13.2. The van der Waals surface area contributed by atoms with Gasteiger partial charge in [0.2, 0.25) is 0 Å². The van der Waals surface area contributed by atoms with Gasteiger partial charge in [-0.2, -0.15) is 10.4 Å². The smallest absolute Gasteiger partial charge is 0.254 e. The molecule has 3 fully saturated rings. The molecule has 5 rings (SSSR count). The molecule has 9 heteroatoms. The van der Waals surface area contributed by atoms with E-state index in [2.05, 4.69) is 49.1 Å².